The van der Waals surface area contributed by atoms with Gasteiger partial charge in [0.25, 0.3) is 0 Å². The van der Waals surface area contributed by atoms with Gasteiger partial charge in [-0.05, 0) is 12.1 Å². The van der Waals surface area contributed by atoms with Crippen LogP contribution in [-0.4, -0.2) is 27.0 Å². The molecule has 3 aromatic rings. The van der Waals surface area contributed by atoms with Gasteiger partial charge in [0.1, 0.15) is 5.75 Å². The normalized spacial score (nSPS) is 11.1. The maximum absolute atomic E-state index is 12.6. The Bertz CT molecular complexity index is 943. The molecule has 0 bridgehead atoms. The van der Waals surface area contributed by atoms with Crippen LogP contribution in [-0.2, 0) is 7.05 Å². The topological polar surface area (TPSA) is 91.9 Å². The van der Waals surface area contributed by atoms with Crippen LogP contribution in [0.3, 0.4) is 0 Å². The molecule has 0 aliphatic heterocycles. The van der Waals surface area contributed by atoms with E-state index in [1.165, 1.54) is 19.2 Å². The maximum atomic E-state index is 12.6. The van der Waals surface area contributed by atoms with Gasteiger partial charge < -0.3 is 24.6 Å². The lowest BCUT2D eigenvalue weighted by Crippen LogP contribution is -2.10. The van der Waals surface area contributed by atoms with E-state index in [-0.39, 0.29) is 28.0 Å². The van der Waals surface area contributed by atoms with Crippen LogP contribution in [0.2, 0.25) is 0 Å². The number of pyridine rings is 1. The monoisotopic (exact) mass is 287 g/mol. The van der Waals surface area contributed by atoms with Crippen molar-refractivity contribution in [1.82, 2.24) is 4.57 Å². The minimum absolute atomic E-state index is 0.0326. The van der Waals surface area contributed by atoms with E-state index in [0.29, 0.717) is 11.0 Å². The van der Waals surface area contributed by atoms with Crippen LogP contribution >= 0.6 is 0 Å². The van der Waals surface area contributed by atoms with Crippen LogP contribution in [0.25, 0.3) is 21.8 Å². The highest BCUT2D eigenvalue weighted by Gasteiger charge is 2.20. The molecule has 0 fully saturated rings. The zero-order valence-corrected chi connectivity index (χ0v) is 11.4. The Balaban J connectivity index is 2.69. The van der Waals surface area contributed by atoms with Crippen molar-refractivity contribution < 1.29 is 20.1 Å². The number of nitrogens with zero attached hydrogens (tertiary/aromatic N) is 1. The van der Waals surface area contributed by atoms with Gasteiger partial charge >= 0.3 is 0 Å². The number of fused-ring (bicyclic) bond motifs is 2. The molecular weight excluding hydrogens is 274 g/mol. The largest absolute Gasteiger partial charge is 0.506 e. The molecule has 0 aliphatic rings. The molecule has 21 heavy (non-hydrogen) atoms. The highest BCUT2D eigenvalue weighted by molar-refractivity contribution is 6.00. The Kier molecular flexibility index (Phi) is 2.69. The summed E-state index contributed by atoms with van der Waals surface area (Å²) in [6, 6.07) is 5.91. The summed E-state index contributed by atoms with van der Waals surface area (Å²) in [7, 11) is 2.92. The van der Waals surface area contributed by atoms with E-state index in [1.807, 2.05) is 0 Å². The Labute approximate surface area is 119 Å². The highest BCUT2D eigenvalue weighted by Crippen LogP contribution is 2.41. The van der Waals surface area contributed by atoms with E-state index in [4.69, 9.17) is 4.74 Å². The van der Waals surface area contributed by atoms with E-state index in [2.05, 4.69) is 0 Å². The second-order valence-electron chi connectivity index (χ2n) is 4.73. The summed E-state index contributed by atoms with van der Waals surface area (Å²) < 4.78 is 6.46. The number of aryl methyl sites for hydroxylation is 1. The predicted octanol–water partition coefficient (Wildman–Crippen LogP) is 1.82. The number of phenolic OH excluding ortho intramolecular Hbond substituents is 3. The lowest BCUT2D eigenvalue weighted by molar-refractivity contribution is 0.347. The van der Waals surface area contributed by atoms with Gasteiger partial charge in [0.2, 0.25) is 11.2 Å². The standard InChI is InChI=1S/C15H13NO5/c1-16-8-6-10(18)15(21-2)14(20)11(8)13(19)7-4-3-5-9(17)12(7)16/h3-6,17-18,20H,1-2H3. The minimum atomic E-state index is -0.440. The number of hydrogen-bond donors (Lipinski definition) is 3. The Hall–Kier alpha value is -2.89. The van der Waals surface area contributed by atoms with Crippen molar-refractivity contribution in [2.75, 3.05) is 7.11 Å². The quantitative estimate of drug-likeness (QED) is 0.594. The van der Waals surface area contributed by atoms with Crippen LogP contribution in [0, 0.1) is 0 Å². The van der Waals surface area contributed by atoms with E-state index in [1.54, 1.807) is 23.7 Å². The highest BCUT2D eigenvalue weighted by atomic mass is 16.5. The fraction of sp³-hybridized carbons (Fsp3) is 0.133. The molecule has 6 nitrogen and oxygen atoms in total. The molecule has 3 rings (SSSR count). The summed E-state index contributed by atoms with van der Waals surface area (Å²) >= 11 is 0. The third kappa shape index (κ3) is 1.62. The molecule has 0 unspecified atom stereocenters. The number of phenols is 3. The molecule has 0 spiro atoms. The molecular formula is C15H13NO5. The van der Waals surface area contributed by atoms with Crippen molar-refractivity contribution in [3.8, 4) is 23.0 Å². The second-order valence-corrected chi connectivity index (χ2v) is 4.73. The first-order valence-corrected chi connectivity index (χ1v) is 6.20. The Morgan fingerprint density at radius 2 is 1.86 bits per heavy atom. The van der Waals surface area contributed by atoms with Gasteiger partial charge in [0.15, 0.2) is 11.5 Å². The lowest BCUT2D eigenvalue weighted by Gasteiger charge is -2.14. The molecule has 0 saturated carbocycles. The molecule has 0 saturated heterocycles. The number of benzene rings is 2. The van der Waals surface area contributed by atoms with Crippen molar-refractivity contribution >= 4 is 21.8 Å². The van der Waals surface area contributed by atoms with Crippen LogP contribution in [0.15, 0.2) is 29.1 Å². The number of hydrogen-bond acceptors (Lipinski definition) is 5. The first kappa shape index (κ1) is 13.1. The summed E-state index contributed by atoms with van der Waals surface area (Å²) in [4.78, 5) is 12.6. The predicted molar refractivity (Wildman–Crippen MR) is 78.2 cm³/mol. The maximum Gasteiger partial charge on any atom is 0.203 e. The number of aromatic hydroxyl groups is 3. The van der Waals surface area contributed by atoms with Gasteiger partial charge in [-0.2, -0.15) is 0 Å². The average Bonchev–Trinajstić information content (AvgIpc) is 2.44. The number of aromatic nitrogens is 1. The number of para-hydroxylation sites is 1. The summed E-state index contributed by atoms with van der Waals surface area (Å²) in [5.74, 6) is -0.909. The third-order valence-corrected chi connectivity index (χ3v) is 3.60. The molecule has 2 aromatic carbocycles. The molecule has 0 amide bonds. The van der Waals surface area contributed by atoms with Gasteiger partial charge in [-0.15, -0.1) is 0 Å². The lowest BCUT2D eigenvalue weighted by atomic mass is 10.1. The van der Waals surface area contributed by atoms with Crippen LogP contribution in [0.1, 0.15) is 0 Å². The molecule has 0 aliphatic carbocycles. The Morgan fingerprint density at radius 1 is 1.14 bits per heavy atom. The van der Waals surface area contributed by atoms with Crippen LogP contribution in [0.4, 0.5) is 0 Å². The van der Waals surface area contributed by atoms with E-state index in [9.17, 15) is 20.1 Å². The number of ether oxygens (including phenoxy) is 1. The summed E-state index contributed by atoms with van der Waals surface area (Å²) in [5, 5.41) is 30.4. The molecule has 3 N–H and O–H groups in total. The first-order chi connectivity index (χ1) is 9.97. The van der Waals surface area contributed by atoms with Crippen molar-refractivity contribution in [3.63, 3.8) is 0 Å². The molecule has 108 valence electrons. The van der Waals surface area contributed by atoms with E-state index in [0.717, 1.165) is 0 Å². The number of rotatable bonds is 1. The molecule has 0 radical (unpaired) electrons. The van der Waals surface area contributed by atoms with Gasteiger partial charge in [0.05, 0.1) is 28.9 Å². The van der Waals surface area contributed by atoms with Gasteiger partial charge in [-0.3, -0.25) is 4.79 Å². The molecule has 1 heterocycles. The number of methoxy groups -OCH3 is 1. The van der Waals surface area contributed by atoms with Crippen molar-refractivity contribution in [1.29, 1.82) is 0 Å². The summed E-state index contributed by atoms with van der Waals surface area (Å²) in [5.41, 5.74) is 0.188. The zero-order chi connectivity index (χ0) is 15.3. The van der Waals surface area contributed by atoms with Crippen molar-refractivity contribution in [3.05, 3.63) is 34.5 Å². The van der Waals surface area contributed by atoms with Crippen LogP contribution in [0.5, 0.6) is 23.0 Å². The van der Waals surface area contributed by atoms with E-state index < -0.39 is 11.2 Å². The Morgan fingerprint density at radius 3 is 2.52 bits per heavy atom. The smallest absolute Gasteiger partial charge is 0.203 e. The minimum Gasteiger partial charge on any atom is -0.506 e. The summed E-state index contributed by atoms with van der Waals surface area (Å²) in [6.07, 6.45) is 0. The van der Waals surface area contributed by atoms with Crippen molar-refractivity contribution in [2.24, 2.45) is 7.05 Å². The second kappa shape index (κ2) is 4.31. The summed E-state index contributed by atoms with van der Waals surface area (Å²) in [6.45, 7) is 0. The SMILES string of the molecule is COc1c(O)cc2c(c1O)c(=O)c1cccc(O)c1n2C. The molecule has 1 aromatic heterocycles. The first-order valence-electron chi connectivity index (χ1n) is 6.20. The van der Waals surface area contributed by atoms with Gasteiger partial charge in [-0.25, -0.2) is 0 Å². The van der Waals surface area contributed by atoms with Crippen LogP contribution < -0.4 is 10.2 Å². The molecule has 6 heteroatoms. The van der Waals surface area contributed by atoms with Gasteiger partial charge in [0, 0.05) is 13.1 Å². The third-order valence-electron chi connectivity index (χ3n) is 3.60. The fourth-order valence-electron chi connectivity index (χ4n) is 2.64. The van der Waals surface area contributed by atoms with Crippen molar-refractivity contribution in [2.45, 2.75) is 0 Å². The average molecular weight is 287 g/mol. The fourth-order valence-corrected chi connectivity index (χ4v) is 2.64. The van der Waals surface area contributed by atoms with E-state index >= 15 is 0 Å². The molecule has 0 atom stereocenters. The van der Waals surface area contributed by atoms with Gasteiger partial charge in [-0.1, -0.05) is 6.07 Å². The zero-order valence-electron chi connectivity index (χ0n) is 11.4.